The summed E-state index contributed by atoms with van der Waals surface area (Å²) in [5.41, 5.74) is 1.67. The summed E-state index contributed by atoms with van der Waals surface area (Å²) in [4.78, 5) is 28.6. The number of carbonyl (C=O) groups is 2. The number of halogens is 3. The van der Waals surface area contributed by atoms with Gasteiger partial charge in [-0.05, 0) is 29.8 Å². The van der Waals surface area contributed by atoms with E-state index in [0.29, 0.717) is 30.9 Å². The van der Waals surface area contributed by atoms with Crippen molar-refractivity contribution in [2.24, 2.45) is 0 Å². The third kappa shape index (κ3) is 4.71. The quantitative estimate of drug-likeness (QED) is 0.576. The molecule has 4 rings (SSSR count). The minimum atomic E-state index is -4.78. The Morgan fingerprint density at radius 3 is 2.44 bits per heavy atom. The molecule has 32 heavy (non-hydrogen) atoms. The van der Waals surface area contributed by atoms with E-state index in [9.17, 15) is 22.8 Å². The van der Waals surface area contributed by atoms with Gasteiger partial charge in [-0.15, -0.1) is 18.3 Å². The fourth-order valence-corrected chi connectivity index (χ4v) is 3.52. The number of ether oxygens (including phenoxy) is 1. The van der Waals surface area contributed by atoms with Crippen LogP contribution in [-0.2, 0) is 4.79 Å². The smallest absolute Gasteiger partial charge is 0.406 e. The molecule has 1 saturated heterocycles. The second-order valence-corrected chi connectivity index (χ2v) is 7.09. The lowest BCUT2D eigenvalue weighted by Gasteiger charge is -2.39. The summed E-state index contributed by atoms with van der Waals surface area (Å²) in [6, 6.07) is 13.6. The minimum absolute atomic E-state index is 0.303. The van der Waals surface area contributed by atoms with Gasteiger partial charge in [-0.25, -0.2) is 4.79 Å². The maximum atomic E-state index is 13.1. The molecule has 0 aliphatic carbocycles. The van der Waals surface area contributed by atoms with Crippen molar-refractivity contribution in [1.29, 1.82) is 0 Å². The first-order chi connectivity index (χ1) is 15.3. The molecule has 0 N–H and O–H groups in total. The molecule has 0 spiro atoms. The molecule has 1 aliphatic rings. The summed E-state index contributed by atoms with van der Waals surface area (Å²) in [6.07, 6.45) is -2.66. The van der Waals surface area contributed by atoms with E-state index in [4.69, 9.17) is 0 Å². The van der Waals surface area contributed by atoms with Gasteiger partial charge in [0, 0.05) is 25.2 Å². The fourth-order valence-electron chi connectivity index (χ4n) is 3.52. The maximum Gasteiger partial charge on any atom is 0.573 e. The molecule has 1 fully saturated rings. The third-order valence-corrected chi connectivity index (χ3v) is 5.04. The van der Waals surface area contributed by atoms with Crippen molar-refractivity contribution in [2.45, 2.75) is 12.4 Å². The van der Waals surface area contributed by atoms with Gasteiger partial charge in [0.05, 0.1) is 12.2 Å². The first-order valence-corrected chi connectivity index (χ1v) is 9.68. The lowest BCUT2D eigenvalue weighted by Crippen LogP contribution is -2.51. The first kappa shape index (κ1) is 21.3. The van der Waals surface area contributed by atoms with E-state index in [-0.39, 0.29) is 11.8 Å². The summed E-state index contributed by atoms with van der Waals surface area (Å²) >= 11 is 0. The Bertz CT molecular complexity index is 1090. The number of benzene rings is 2. The average molecular weight is 445 g/mol. The normalized spacial score (nSPS) is 16.7. The highest BCUT2D eigenvalue weighted by atomic mass is 19.4. The van der Waals surface area contributed by atoms with Crippen molar-refractivity contribution >= 4 is 12.4 Å². The van der Waals surface area contributed by atoms with E-state index in [1.807, 2.05) is 30.3 Å². The third-order valence-electron chi connectivity index (χ3n) is 5.04. The van der Waals surface area contributed by atoms with Crippen molar-refractivity contribution in [3.05, 3.63) is 66.4 Å². The van der Waals surface area contributed by atoms with Crippen molar-refractivity contribution in [3.8, 4) is 17.0 Å². The molecular weight excluding hydrogens is 427 g/mol. The van der Waals surface area contributed by atoms with Crippen LogP contribution in [0.2, 0.25) is 0 Å². The number of amides is 2. The zero-order valence-corrected chi connectivity index (χ0v) is 16.6. The molecule has 2 aromatic carbocycles. The standard InChI is InChI=1S/C21H18F3N5O3/c22-21(23,24)32-17-8-6-15(7-9-17)18-12-25-29(26-18)20(31)28-11-10-27(14-30)13-19(28)16-4-2-1-3-5-16/h1-9,12,14,19H,10-11,13H2. The SMILES string of the molecule is O=CN1CCN(C(=O)n2ncc(-c3ccc(OC(F)(F)F)cc3)n2)C(c2ccccc2)C1. The number of hydrogen-bond donors (Lipinski definition) is 0. The van der Waals surface area contributed by atoms with Crippen molar-refractivity contribution in [1.82, 2.24) is 24.8 Å². The van der Waals surface area contributed by atoms with Crippen molar-refractivity contribution in [3.63, 3.8) is 0 Å². The van der Waals surface area contributed by atoms with Crippen LogP contribution in [0.25, 0.3) is 11.3 Å². The van der Waals surface area contributed by atoms with Gasteiger partial charge in [0.2, 0.25) is 6.41 Å². The maximum absolute atomic E-state index is 13.1. The van der Waals surface area contributed by atoms with E-state index >= 15 is 0 Å². The number of aromatic nitrogens is 3. The fraction of sp³-hybridized carbons (Fsp3) is 0.238. The Hall–Kier alpha value is -3.89. The van der Waals surface area contributed by atoms with E-state index in [0.717, 1.165) is 28.9 Å². The summed E-state index contributed by atoms with van der Waals surface area (Å²) < 4.78 is 40.8. The van der Waals surface area contributed by atoms with Gasteiger partial charge in [-0.1, -0.05) is 35.1 Å². The number of rotatable bonds is 4. The second-order valence-electron chi connectivity index (χ2n) is 7.09. The Balaban J connectivity index is 1.54. The van der Waals surface area contributed by atoms with E-state index in [1.165, 1.54) is 18.3 Å². The Labute approximate surface area is 180 Å². The van der Waals surface area contributed by atoms with Gasteiger partial charge in [0.1, 0.15) is 11.4 Å². The van der Waals surface area contributed by atoms with Crippen LogP contribution < -0.4 is 4.74 Å². The molecule has 2 heterocycles. The summed E-state index contributed by atoms with van der Waals surface area (Å²) in [6.45, 7) is 1.03. The van der Waals surface area contributed by atoms with Gasteiger partial charge in [0.25, 0.3) is 0 Å². The van der Waals surface area contributed by atoms with Gasteiger partial charge >= 0.3 is 12.4 Å². The van der Waals surface area contributed by atoms with Crippen molar-refractivity contribution in [2.75, 3.05) is 19.6 Å². The molecule has 11 heteroatoms. The van der Waals surface area contributed by atoms with E-state index in [1.54, 1.807) is 9.80 Å². The average Bonchev–Trinajstić information content (AvgIpc) is 3.28. The van der Waals surface area contributed by atoms with Crippen LogP contribution in [0.3, 0.4) is 0 Å². The zero-order valence-electron chi connectivity index (χ0n) is 16.6. The van der Waals surface area contributed by atoms with E-state index in [2.05, 4.69) is 14.9 Å². The topological polar surface area (TPSA) is 80.6 Å². The number of hydrogen-bond acceptors (Lipinski definition) is 5. The summed E-state index contributed by atoms with van der Waals surface area (Å²) in [7, 11) is 0. The highest BCUT2D eigenvalue weighted by Crippen LogP contribution is 2.27. The molecule has 1 aliphatic heterocycles. The lowest BCUT2D eigenvalue weighted by molar-refractivity contribution is -0.274. The molecule has 166 valence electrons. The van der Waals surface area contributed by atoms with Gasteiger partial charge < -0.3 is 14.5 Å². The molecule has 8 nitrogen and oxygen atoms in total. The molecule has 0 bridgehead atoms. The highest BCUT2D eigenvalue weighted by molar-refractivity contribution is 5.76. The molecule has 0 saturated carbocycles. The Kier molecular flexibility index (Phi) is 5.80. The molecule has 1 aromatic heterocycles. The Morgan fingerprint density at radius 1 is 1.06 bits per heavy atom. The van der Waals surface area contributed by atoms with Crippen LogP contribution in [-0.4, -0.2) is 63.2 Å². The number of carbonyl (C=O) groups excluding carboxylic acids is 2. The number of alkyl halides is 3. The Morgan fingerprint density at radius 2 is 1.78 bits per heavy atom. The van der Waals surface area contributed by atoms with Crippen LogP contribution in [0, 0.1) is 0 Å². The minimum Gasteiger partial charge on any atom is -0.406 e. The van der Waals surface area contributed by atoms with Gasteiger partial charge in [-0.3, -0.25) is 4.79 Å². The molecule has 0 radical (unpaired) electrons. The van der Waals surface area contributed by atoms with Crippen LogP contribution in [0.4, 0.5) is 18.0 Å². The lowest BCUT2D eigenvalue weighted by atomic mass is 10.0. The molecule has 3 aromatic rings. The predicted octanol–water partition coefficient (Wildman–Crippen LogP) is 3.33. The molecule has 2 amide bonds. The first-order valence-electron chi connectivity index (χ1n) is 9.68. The van der Waals surface area contributed by atoms with E-state index < -0.39 is 12.4 Å². The molecule has 1 unspecified atom stereocenters. The number of piperazine rings is 1. The predicted molar refractivity (Wildman–Crippen MR) is 106 cm³/mol. The van der Waals surface area contributed by atoms with Gasteiger partial charge in [-0.2, -0.15) is 5.10 Å². The molecule has 1 atom stereocenters. The molecular formula is C21H18F3N5O3. The van der Waals surface area contributed by atoms with Crippen LogP contribution >= 0.6 is 0 Å². The van der Waals surface area contributed by atoms with Gasteiger partial charge in [0.15, 0.2) is 0 Å². The zero-order chi connectivity index (χ0) is 22.7. The summed E-state index contributed by atoms with van der Waals surface area (Å²) in [5, 5.41) is 8.23. The van der Waals surface area contributed by atoms with Crippen LogP contribution in [0.15, 0.2) is 60.8 Å². The summed E-state index contributed by atoms with van der Waals surface area (Å²) in [5.74, 6) is -0.358. The highest BCUT2D eigenvalue weighted by Gasteiger charge is 2.33. The monoisotopic (exact) mass is 445 g/mol. The largest absolute Gasteiger partial charge is 0.573 e. The van der Waals surface area contributed by atoms with Crippen LogP contribution in [0.5, 0.6) is 5.75 Å². The van der Waals surface area contributed by atoms with Crippen molar-refractivity contribution < 1.29 is 27.5 Å². The van der Waals surface area contributed by atoms with Crippen LogP contribution in [0.1, 0.15) is 11.6 Å². The number of nitrogens with zero attached hydrogens (tertiary/aromatic N) is 5. The second kappa shape index (κ2) is 8.69.